The molecular weight excluding hydrogens is 340 g/mol. The summed E-state index contributed by atoms with van der Waals surface area (Å²) in [5.74, 6) is 1.69. The molecule has 7 heteroatoms. The predicted molar refractivity (Wildman–Crippen MR) is 97.3 cm³/mol. The first kappa shape index (κ1) is 16.1. The molecule has 0 aliphatic carbocycles. The maximum atomic E-state index is 10.8. The third kappa shape index (κ3) is 2.64. The largest absolute Gasteiger partial charge is 0.492 e. The maximum Gasteiger partial charge on any atom is 0.235 e. The SMILES string of the molecule is Cc1nc2sc([C@H](c3sccc3C)[NH+]3CCC[C@H](C)C3)c(O)n2n1. The van der Waals surface area contributed by atoms with Crippen LogP contribution in [0.1, 0.15) is 46.9 Å². The third-order valence-corrected chi connectivity index (χ3v) is 7.11. The second-order valence-electron chi connectivity index (χ2n) is 6.90. The summed E-state index contributed by atoms with van der Waals surface area (Å²) in [7, 11) is 0. The predicted octanol–water partition coefficient (Wildman–Crippen LogP) is 2.58. The van der Waals surface area contributed by atoms with E-state index in [0.29, 0.717) is 5.82 Å². The number of piperidine rings is 1. The van der Waals surface area contributed by atoms with E-state index in [1.807, 2.05) is 6.92 Å². The Kier molecular flexibility index (Phi) is 4.10. The number of thiophene rings is 1. The van der Waals surface area contributed by atoms with Crippen LogP contribution >= 0.6 is 22.7 Å². The van der Waals surface area contributed by atoms with Crippen LogP contribution in [0.25, 0.3) is 4.96 Å². The number of quaternary nitrogens is 1. The van der Waals surface area contributed by atoms with Gasteiger partial charge in [0.15, 0.2) is 6.04 Å². The molecule has 1 unspecified atom stereocenters. The lowest BCUT2D eigenvalue weighted by Crippen LogP contribution is -3.13. The third-order valence-electron chi connectivity index (χ3n) is 4.95. The molecule has 0 bridgehead atoms. The quantitative estimate of drug-likeness (QED) is 0.752. The summed E-state index contributed by atoms with van der Waals surface area (Å²) in [6, 6.07) is 2.36. The Morgan fingerprint density at radius 1 is 1.38 bits per heavy atom. The summed E-state index contributed by atoms with van der Waals surface area (Å²) in [6.45, 7) is 8.66. The van der Waals surface area contributed by atoms with E-state index in [1.54, 1.807) is 32.1 Å². The van der Waals surface area contributed by atoms with Crippen LogP contribution in [0, 0.1) is 19.8 Å². The number of nitrogens with one attached hydrogen (secondary N) is 1. The monoisotopic (exact) mass is 363 g/mol. The van der Waals surface area contributed by atoms with Crippen molar-refractivity contribution in [2.75, 3.05) is 13.1 Å². The van der Waals surface area contributed by atoms with Gasteiger partial charge in [-0.25, -0.2) is 4.98 Å². The molecule has 0 radical (unpaired) electrons. The minimum absolute atomic E-state index is 0.182. The van der Waals surface area contributed by atoms with Gasteiger partial charge in [0.25, 0.3) is 0 Å². The molecule has 3 aromatic rings. The number of hydrogen-bond donors (Lipinski definition) is 2. The number of hydrogen-bond acceptors (Lipinski definition) is 5. The van der Waals surface area contributed by atoms with Crippen LogP contribution in [-0.4, -0.2) is 32.8 Å². The molecule has 2 N–H and O–H groups in total. The van der Waals surface area contributed by atoms with Gasteiger partial charge in [0.1, 0.15) is 10.7 Å². The van der Waals surface area contributed by atoms with Crippen molar-refractivity contribution >= 4 is 27.6 Å². The van der Waals surface area contributed by atoms with Gasteiger partial charge < -0.3 is 10.0 Å². The normalized spacial score (nSPS) is 23.0. The fourth-order valence-electron chi connectivity index (χ4n) is 3.80. The number of likely N-dealkylation sites (tertiary alicyclic amines) is 1. The Bertz CT molecular complexity index is 865. The van der Waals surface area contributed by atoms with Gasteiger partial charge in [-0.2, -0.15) is 4.52 Å². The van der Waals surface area contributed by atoms with E-state index in [4.69, 9.17) is 0 Å². The molecule has 3 aromatic heterocycles. The maximum absolute atomic E-state index is 10.8. The second-order valence-corrected chi connectivity index (χ2v) is 8.86. The van der Waals surface area contributed by atoms with E-state index in [2.05, 4.69) is 35.4 Å². The zero-order chi connectivity index (χ0) is 16.8. The fraction of sp³-hybridized carbons (Fsp3) is 0.529. The molecule has 1 aliphatic heterocycles. The van der Waals surface area contributed by atoms with Gasteiger partial charge in [-0.15, -0.1) is 16.4 Å². The van der Waals surface area contributed by atoms with Crippen LogP contribution in [0.15, 0.2) is 11.4 Å². The Balaban J connectivity index is 1.83. The highest BCUT2D eigenvalue weighted by atomic mass is 32.1. The molecule has 24 heavy (non-hydrogen) atoms. The minimum Gasteiger partial charge on any atom is -0.492 e. The second kappa shape index (κ2) is 6.13. The van der Waals surface area contributed by atoms with Crippen molar-refractivity contribution < 1.29 is 10.0 Å². The topological polar surface area (TPSA) is 54.9 Å². The molecule has 4 heterocycles. The van der Waals surface area contributed by atoms with Crippen molar-refractivity contribution in [2.24, 2.45) is 5.92 Å². The smallest absolute Gasteiger partial charge is 0.235 e. The molecule has 0 spiro atoms. The highest BCUT2D eigenvalue weighted by Crippen LogP contribution is 2.38. The van der Waals surface area contributed by atoms with Gasteiger partial charge in [-0.1, -0.05) is 18.3 Å². The van der Waals surface area contributed by atoms with Crippen molar-refractivity contribution in [2.45, 2.75) is 39.7 Å². The Labute approximate surface area is 149 Å². The number of aromatic nitrogens is 3. The Morgan fingerprint density at radius 2 is 2.21 bits per heavy atom. The molecule has 5 nitrogen and oxygen atoms in total. The fourth-order valence-corrected chi connectivity index (χ4v) is 6.13. The van der Waals surface area contributed by atoms with E-state index in [9.17, 15) is 5.11 Å². The molecule has 0 saturated carbocycles. The van der Waals surface area contributed by atoms with Crippen molar-refractivity contribution in [1.82, 2.24) is 14.6 Å². The molecule has 3 atom stereocenters. The summed E-state index contributed by atoms with van der Waals surface area (Å²) in [5, 5.41) is 17.3. The van der Waals surface area contributed by atoms with Gasteiger partial charge in [0.2, 0.25) is 10.8 Å². The average molecular weight is 364 g/mol. The number of thiazole rings is 1. The zero-order valence-electron chi connectivity index (χ0n) is 14.2. The molecule has 1 saturated heterocycles. The van der Waals surface area contributed by atoms with E-state index in [0.717, 1.165) is 28.8 Å². The summed E-state index contributed by atoms with van der Waals surface area (Å²) >= 11 is 3.38. The van der Waals surface area contributed by atoms with Crippen LogP contribution in [0.5, 0.6) is 5.88 Å². The molecule has 1 aliphatic rings. The molecule has 0 amide bonds. The molecular formula is C17H23N4OS2+. The average Bonchev–Trinajstić information content (AvgIpc) is 3.19. The van der Waals surface area contributed by atoms with Crippen molar-refractivity contribution in [1.29, 1.82) is 0 Å². The van der Waals surface area contributed by atoms with E-state index < -0.39 is 0 Å². The first-order chi connectivity index (χ1) is 11.5. The van der Waals surface area contributed by atoms with Crippen LogP contribution in [0.2, 0.25) is 0 Å². The Hall–Kier alpha value is -1.44. The molecule has 128 valence electrons. The first-order valence-corrected chi connectivity index (χ1v) is 10.2. The van der Waals surface area contributed by atoms with Crippen molar-refractivity contribution in [3.8, 4) is 5.88 Å². The highest BCUT2D eigenvalue weighted by Gasteiger charge is 2.36. The van der Waals surface area contributed by atoms with E-state index >= 15 is 0 Å². The summed E-state index contributed by atoms with van der Waals surface area (Å²) in [6.07, 6.45) is 2.55. The number of aryl methyl sites for hydroxylation is 2. The van der Waals surface area contributed by atoms with Gasteiger partial charge in [-0.05, 0) is 43.7 Å². The number of rotatable bonds is 3. The Morgan fingerprint density at radius 3 is 2.88 bits per heavy atom. The number of aromatic hydroxyl groups is 1. The van der Waals surface area contributed by atoms with Gasteiger partial charge in [0, 0.05) is 5.92 Å². The zero-order valence-corrected chi connectivity index (χ0v) is 15.9. The van der Waals surface area contributed by atoms with Crippen LogP contribution in [-0.2, 0) is 0 Å². The van der Waals surface area contributed by atoms with Crippen LogP contribution in [0.3, 0.4) is 0 Å². The summed E-state index contributed by atoms with van der Waals surface area (Å²) < 4.78 is 1.60. The van der Waals surface area contributed by atoms with Crippen molar-refractivity contribution in [3.63, 3.8) is 0 Å². The lowest BCUT2D eigenvalue weighted by Gasteiger charge is -2.33. The molecule has 1 fully saturated rings. The van der Waals surface area contributed by atoms with Crippen LogP contribution in [0.4, 0.5) is 0 Å². The lowest BCUT2D eigenvalue weighted by atomic mass is 9.97. The first-order valence-electron chi connectivity index (χ1n) is 8.48. The van der Waals surface area contributed by atoms with Gasteiger partial charge in [0.05, 0.1) is 18.0 Å². The molecule has 4 rings (SSSR count). The minimum atomic E-state index is 0.182. The highest BCUT2D eigenvalue weighted by molar-refractivity contribution is 7.17. The van der Waals surface area contributed by atoms with Gasteiger partial charge in [-0.3, -0.25) is 0 Å². The van der Waals surface area contributed by atoms with Crippen molar-refractivity contribution in [3.05, 3.63) is 32.6 Å². The van der Waals surface area contributed by atoms with E-state index in [1.165, 1.54) is 23.3 Å². The summed E-state index contributed by atoms with van der Waals surface area (Å²) in [4.78, 5) is 9.13. The van der Waals surface area contributed by atoms with E-state index in [-0.39, 0.29) is 11.9 Å². The van der Waals surface area contributed by atoms with Gasteiger partial charge >= 0.3 is 0 Å². The number of nitrogens with zero attached hydrogens (tertiary/aromatic N) is 3. The molecule has 0 aromatic carbocycles. The summed E-state index contributed by atoms with van der Waals surface area (Å²) in [5.41, 5.74) is 1.31. The lowest BCUT2D eigenvalue weighted by molar-refractivity contribution is -0.933. The van der Waals surface area contributed by atoms with Crippen LogP contribution < -0.4 is 4.90 Å². The standard InChI is InChI=1S/C17H22N4OS2/c1-10-5-4-7-20(9-10)13(14-11(2)6-8-23-14)15-16(22)21-17(24-15)18-12(3)19-21/h6,8,10,13,22H,4-5,7,9H2,1-3H3/p+1/t10-,13-/m0/s1. The number of fused-ring (bicyclic) bond motifs is 1.